The molecule has 0 unspecified atom stereocenters. The number of rotatable bonds is 16. The SMILES string of the molecule is C.C.C=CS(=O)(=O)N(C)CCn1nc(-c2ccc(Oc3ccccc3)cc2)c2c(N)ncnc21.C=CS(=O)(=O)NCCn1nc(-c2ccc(Oc3ccccc3)cc2)c2c(N)ncnc21. The van der Waals surface area contributed by atoms with Crippen LogP contribution in [0.1, 0.15) is 14.9 Å². The Bertz CT molecular complexity index is 3090. The van der Waals surface area contributed by atoms with Crippen LogP contribution >= 0.6 is 0 Å². The van der Waals surface area contributed by atoms with Crippen LogP contribution in [0, 0.1) is 0 Å². The van der Waals surface area contributed by atoms with Crippen molar-refractivity contribution in [2.75, 3.05) is 31.6 Å². The molecule has 0 saturated heterocycles. The highest BCUT2D eigenvalue weighted by Gasteiger charge is 2.20. The van der Waals surface area contributed by atoms with Crippen molar-refractivity contribution < 1.29 is 26.3 Å². The van der Waals surface area contributed by atoms with Gasteiger partial charge in [-0.25, -0.2) is 50.9 Å². The third-order valence-corrected chi connectivity index (χ3v) is 12.0. The van der Waals surface area contributed by atoms with Crippen LogP contribution in [0.3, 0.4) is 0 Å². The number of para-hydroxylation sites is 2. The van der Waals surface area contributed by atoms with E-state index in [1.54, 1.807) is 9.36 Å². The molecule has 0 atom stereocenters. The van der Waals surface area contributed by atoms with Gasteiger partial charge >= 0.3 is 0 Å². The molecule has 0 aliphatic carbocycles. The molecule has 0 aliphatic rings. The zero-order chi connectivity index (χ0) is 44.6. The number of nitrogens with zero attached hydrogens (tertiary/aromatic N) is 9. The molecule has 0 bridgehead atoms. The first-order chi connectivity index (χ1) is 30.4. The van der Waals surface area contributed by atoms with Gasteiger partial charge in [-0.15, -0.1) is 0 Å². The summed E-state index contributed by atoms with van der Waals surface area (Å²) >= 11 is 0. The van der Waals surface area contributed by atoms with E-state index in [0.717, 1.165) is 33.4 Å². The van der Waals surface area contributed by atoms with E-state index in [9.17, 15) is 16.8 Å². The first kappa shape index (κ1) is 48.5. The van der Waals surface area contributed by atoms with Gasteiger partial charge in [0.05, 0.1) is 23.9 Å². The minimum Gasteiger partial charge on any atom is -0.457 e. The van der Waals surface area contributed by atoms with E-state index in [1.165, 1.54) is 24.0 Å². The number of sulfonamides is 2. The van der Waals surface area contributed by atoms with E-state index in [1.807, 2.05) is 109 Å². The minimum atomic E-state index is -3.53. The van der Waals surface area contributed by atoms with Gasteiger partial charge in [-0.1, -0.05) is 64.4 Å². The molecular weight excluding hydrogens is 869 g/mol. The molecule has 0 saturated carbocycles. The number of likely N-dealkylation sites (N-methyl/N-ethyl adjacent to an activating group) is 1. The number of benzene rings is 4. The summed E-state index contributed by atoms with van der Waals surface area (Å²) in [5.74, 6) is 3.44. The molecule has 0 spiro atoms. The third kappa shape index (κ3) is 11.5. The van der Waals surface area contributed by atoms with Crippen LogP contribution in [-0.2, 0) is 33.1 Å². The molecule has 20 heteroatoms. The maximum atomic E-state index is 11.9. The van der Waals surface area contributed by atoms with E-state index >= 15 is 0 Å². The molecule has 4 aromatic carbocycles. The number of nitrogen functional groups attached to an aromatic ring is 2. The summed E-state index contributed by atoms with van der Waals surface area (Å²) in [5.41, 5.74) is 16.1. The molecule has 8 rings (SSSR count). The van der Waals surface area contributed by atoms with Crippen molar-refractivity contribution >= 4 is 53.7 Å². The van der Waals surface area contributed by atoms with Crippen molar-refractivity contribution in [2.45, 2.75) is 27.9 Å². The molecule has 338 valence electrons. The Hall–Kier alpha value is -7.52. The Morgan fingerprint density at radius 1 is 0.615 bits per heavy atom. The van der Waals surface area contributed by atoms with Gasteiger partial charge in [-0.3, -0.25) is 0 Å². The Kier molecular flexibility index (Phi) is 15.8. The van der Waals surface area contributed by atoms with Crippen molar-refractivity contribution in [3.8, 4) is 45.5 Å². The first-order valence-electron chi connectivity index (χ1n) is 19.2. The van der Waals surface area contributed by atoms with Crippen LogP contribution in [0.5, 0.6) is 23.0 Å². The van der Waals surface area contributed by atoms with Gasteiger partial charge in [0.2, 0.25) is 20.0 Å². The lowest BCUT2D eigenvalue weighted by Crippen LogP contribution is -2.28. The van der Waals surface area contributed by atoms with Crippen LogP contribution < -0.4 is 25.7 Å². The number of hydrogen-bond acceptors (Lipinski definition) is 14. The summed E-state index contributed by atoms with van der Waals surface area (Å²) in [6.07, 6.45) is 2.71. The highest BCUT2D eigenvalue weighted by atomic mass is 32.2. The predicted molar refractivity (Wildman–Crippen MR) is 256 cm³/mol. The minimum absolute atomic E-state index is 0. The molecule has 18 nitrogen and oxygen atoms in total. The standard InChI is InChI=1S/C22H22N6O3S.C21H20N6O3S.2CH4/c1-3-32(29,30)27(2)13-14-28-22-19(21(23)24-15-25-22)20(26-28)16-9-11-18(12-10-16)31-17-7-5-4-6-8-17;1-2-31(28,29)25-12-13-27-21-18(20(22)23-14-24-21)19(26-27)15-8-10-17(11-9-15)30-16-6-4-3-5-7-16;;/h3-12,15H,1,13-14H2,2H3,(H2,23,24,25);2-11,14,25H,1,12-13H2,(H2,22,23,24);2*1H4. The summed E-state index contributed by atoms with van der Waals surface area (Å²) in [5, 5.41) is 12.3. The van der Waals surface area contributed by atoms with Gasteiger partial charge < -0.3 is 20.9 Å². The van der Waals surface area contributed by atoms with Crippen LogP contribution in [0.2, 0.25) is 0 Å². The highest BCUT2D eigenvalue weighted by Crippen LogP contribution is 2.33. The lowest BCUT2D eigenvalue weighted by molar-refractivity contribution is 0.442. The van der Waals surface area contributed by atoms with Crippen molar-refractivity contribution in [2.24, 2.45) is 0 Å². The fraction of sp³-hybridized carbons (Fsp3) is 0.156. The van der Waals surface area contributed by atoms with E-state index in [0.29, 0.717) is 56.6 Å². The number of aromatic nitrogens is 8. The molecular formula is C45H50N12O6S2. The van der Waals surface area contributed by atoms with Crippen LogP contribution in [-0.4, -0.2) is 80.8 Å². The number of fused-ring (bicyclic) bond motifs is 2. The number of ether oxygens (including phenoxy) is 2. The van der Waals surface area contributed by atoms with Gasteiger partial charge in [0, 0.05) is 42.1 Å². The van der Waals surface area contributed by atoms with Crippen molar-refractivity contribution in [3.63, 3.8) is 0 Å². The molecule has 0 radical (unpaired) electrons. The van der Waals surface area contributed by atoms with Gasteiger partial charge in [-0.2, -0.15) is 14.5 Å². The van der Waals surface area contributed by atoms with Crippen LogP contribution in [0.4, 0.5) is 11.6 Å². The summed E-state index contributed by atoms with van der Waals surface area (Å²) in [6.45, 7) is 7.48. The van der Waals surface area contributed by atoms with Crippen LogP contribution in [0.25, 0.3) is 44.6 Å². The number of anilines is 2. The summed E-state index contributed by atoms with van der Waals surface area (Å²) in [7, 11) is -5.56. The Balaban J connectivity index is 0.000000237. The zero-order valence-corrected chi connectivity index (χ0v) is 35.5. The topological polar surface area (TPSA) is 241 Å². The number of hydrogen-bond donors (Lipinski definition) is 3. The van der Waals surface area contributed by atoms with Gasteiger partial charge in [0.25, 0.3) is 0 Å². The van der Waals surface area contributed by atoms with Gasteiger partial charge in [0.15, 0.2) is 11.3 Å². The van der Waals surface area contributed by atoms with Crippen molar-refractivity contribution in [3.05, 3.63) is 146 Å². The average Bonchev–Trinajstić information content (AvgIpc) is 3.87. The fourth-order valence-electron chi connectivity index (χ4n) is 6.23. The molecule has 65 heavy (non-hydrogen) atoms. The Labute approximate surface area is 378 Å². The monoisotopic (exact) mass is 918 g/mol. The lowest BCUT2D eigenvalue weighted by atomic mass is 10.1. The van der Waals surface area contributed by atoms with Gasteiger partial charge in [-0.05, 0) is 72.8 Å². The molecule has 0 amide bonds. The van der Waals surface area contributed by atoms with E-state index in [-0.39, 0.29) is 41.0 Å². The Morgan fingerprint density at radius 3 is 1.45 bits per heavy atom. The van der Waals surface area contributed by atoms with Crippen molar-refractivity contribution in [1.82, 2.24) is 48.5 Å². The summed E-state index contributed by atoms with van der Waals surface area (Å²) in [6, 6.07) is 33.9. The maximum absolute atomic E-state index is 11.9. The molecule has 4 heterocycles. The first-order valence-corrected chi connectivity index (χ1v) is 22.2. The second kappa shape index (κ2) is 21.2. The zero-order valence-electron chi connectivity index (χ0n) is 33.9. The third-order valence-electron chi connectivity index (χ3n) is 9.45. The lowest BCUT2D eigenvalue weighted by Gasteiger charge is -2.14. The predicted octanol–water partition coefficient (Wildman–Crippen LogP) is 7.48. The summed E-state index contributed by atoms with van der Waals surface area (Å²) < 4.78 is 65.6. The molecule has 8 aromatic rings. The largest absolute Gasteiger partial charge is 0.457 e. The van der Waals surface area contributed by atoms with Crippen LogP contribution in [0.15, 0.2) is 146 Å². The number of nitrogens with two attached hydrogens (primary N) is 2. The average molecular weight is 919 g/mol. The molecule has 0 aliphatic heterocycles. The number of nitrogens with one attached hydrogen (secondary N) is 1. The van der Waals surface area contributed by atoms with Gasteiger partial charge in [0.1, 0.15) is 58.7 Å². The molecule has 5 N–H and O–H groups in total. The Morgan fingerprint density at radius 2 is 1.03 bits per heavy atom. The second-order valence-electron chi connectivity index (χ2n) is 13.6. The van der Waals surface area contributed by atoms with Crippen molar-refractivity contribution in [1.29, 1.82) is 0 Å². The quantitative estimate of drug-likeness (QED) is 0.0852. The van der Waals surface area contributed by atoms with E-state index in [2.05, 4.69) is 48.0 Å². The molecule has 0 fully saturated rings. The second-order valence-corrected chi connectivity index (χ2v) is 17.3. The maximum Gasteiger partial charge on any atom is 0.235 e. The fourth-order valence-corrected chi connectivity index (χ4v) is 7.31. The van der Waals surface area contributed by atoms with E-state index in [4.69, 9.17) is 20.9 Å². The molecule has 4 aromatic heterocycles. The highest BCUT2D eigenvalue weighted by molar-refractivity contribution is 7.92. The smallest absolute Gasteiger partial charge is 0.235 e. The summed E-state index contributed by atoms with van der Waals surface area (Å²) in [4.78, 5) is 16.8. The normalized spacial score (nSPS) is 11.2. The van der Waals surface area contributed by atoms with E-state index < -0.39 is 20.0 Å².